The van der Waals surface area contributed by atoms with Gasteiger partial charge in [-0.3, -0.25) is 5.84 Å². The molecule has 0 heterocycles. The minimum atomic E-state index is -4.64. The van der Waals surface area contributed by atoms with E-state index in [9.17, 15) is 0 Å². The third-order valence-electron chi connectivity index (χ3n) is 1.52. The van der Waals surface area contributed by atoms with Crippen LogP contribution in [0.5, 0.6) is 11.5 Å². The van der Waals surface area contributed by atoms with Crippen LogP contribution < -0.4 is 20.7 Å². The lowest BCUT2D eigenvalue weighted by molar-refractivity contribution is 0.275. The number of rotatable bonds is 3. The van der Waals surface area contributed by atoms with E-state index in [1.807, 2.05) is 0 Å². The van der Waals surface area contributed by atoms with Crippen molar-refractivity contribution in [2.75, 3.05) is 19.6 Å². The summed E-state index contributed by atoms with van der Waals surface area (Å²) in [4.78, 5) is 21.6. The first-order valence-corrected chi connectivity index (χ1v) is 5.84. The Morgan fingerprint density at radius 3 is 1.71 bits per heavy atom. The summed E-state index contributed by atoms with van der Waals surface area (Å²) in [7, 11) is -1.45. The first kappa shape index (κ1) is 15.7. The standard InChI is InChI=1S/C8H12N2O2.H3O4P/c1-11-7-3-6(10-9)4-8(5-7)12-2;1-5(2,3)4/h3-5,10H,9H2,1-2H3;(H3,1,2,3,4). The van der Waals surface area contributed by atoms with Crippen LogP contribution in [0.15, 0.2) is 18.2 Å². The molecule has 0 saturated carbocycles. The van der Waals surface area contributed by atoms with Crippen LogP contribution in [-0.4, -0.2) is 28.9 Å². The SMILES string of the molecule is COc1cc(NN)cc(OC)c1.O=P(O)(O)O. The molecule has 8 nitrogen and oxygen atoms in total. The molecule has 0 aliphatic rings. The van der Waals surface area contributed by atoms with E-state index in [0.717, 1.165) is 5.69 Å². The minimum Gasteiger partial charge on any atom is -0.497 e. The average Bonchev–Trinajstić information content (AvgIpc) is 2.26. The van der Waals surface area contributed by atoms with E-state index in [1.165, 1.54) is 0 Å². The smallest absolute Gasteiger partial charge is 0.466 e. The van der Waals surface area contributed by atoms with Gasteiger partial charge in [0, 0.05) is 18.2 Å². The molecule has 1 aromatic carbocycles. The van der Waals surface area contributed by atoms with Gasteiger partial charge in [-0.05, 0) is 0 Å². The Morgan fingerprint density at radius 2 is 1.47 bits per heavy atom. The minimum absolute atomic E-state index is 0.710. The number of anilines is 1. The van der Waals surface area contributed by atoms with Crippen molar-refractivity contribution < 1.29 is 28.7 Å². The molecule has 0 atom stereocenters. The predicted octanol–water partition coefficient (Wildman–Crippen LogP) is 0.0608. The monoisotopic (exact) mass is 266 g/mol. The predicted molar refractivity (Wildman–Crippen MR) is 61.6 cm³/mol. The number of nitrogens with one attached hydrogen (secondary N) is 1. The molecule has 1 aromatic rings. The largest absolute Gasteiger partial charge is 0.497 e. The molecule has 1 rings (SSSR count). The van der Waals surface area contributed by atoms with E-state index >= 15 is 0 Å². The number of hydrogen-bond donors (Lipinski definition) is 5. The zero-order valence-corrected chi connectivity index (χ0v) is 10.2. The topological polar surface area (TPSA) is 134 Å². The van der Waals surface area contributed by atoms with Crippen LogP contribution in [-0.2, 0) is 4.57 Å². The molecule has 0 spiro atoms. The fraction of sp³-hybridized carbons (Fsp3) is 0.250. The lowest BCUT2D eigenvalue weighted by atomic mass is 10.3. The lowest BCUT2D eigenvalue weighted by Gasteiger charge is -2.07. The van der Waals surface area contributed by atoms with E-state index in [0.29, 0.717) is 11.5 Å². The van der Waals surface area contributed by atoms with Gasteiger partial charge >= 0.3 is 7.82 Å². The molecule has 98 valence electrons. The van der Waals surface area contributed by atoms with Crippen molar-refractivity contribution in [3.63, 3.8) is 0 Å². The Hall–Kier alpha value is -1.31. The Bertz CT molecular complexity index is 330. The van der Waals surface area contributed by atoms with Gasteiger partial charge in [0.15, 0.2) is 0 Å². The maximum atomic E-state index is 8.88. The van der Waals surface area contributed by atoms with Crippen LogP contribution in [0.4, 0.5) is 5.69 Å². The van der Waals surface area contributed by atoms with Gasteiger partial charge in [0.05, 0.1) is 19.9 Å². The molecule has 0 unspecified atom stereocenters. The van der Waals surface area contributed by atoms with Gasteiger partial charge in [0.2, 0.25) is 0 Å². The van der Waals surface area contributed by atoms with Crippen molar-refractivity contribution >= 4 is 13.5 Å². The second-order valence-corrected chi connectivity index (χ2v) is 3.79. The van der Waals surface area contributed by atoms with E-state index < -0.39 is 7.82 Å². The third-order valence-corrected chi connectivity index (χ3v) is 1.52. The molecule has 9 heteroatoms. The van der Waals surface area contributed by atoms with Crippen molar-refractivity contribution in [3.05, 3.63) is 18.2 Å². The Labute approximate surface area is 98.2 Å². The van der Waals surface area contributed by atoms with Crippen LogP contribution in [0.1, 0.15) is 0 Å². The molecule has 0 bridgehead atoms. The zero-order valence-electron chi connectivity index (χ0n) is 9.32. The van der Waals surface area contributed by atoms with Crippen molar-refractivity contribution in [3.8, 4) is 11.5 Å². The van der Waals surface area contributed by atoms with Crippen molar-refractivity contribution in [2.45, 2.75) is 0 Å². The second kappa shape index (κ2) is 7.10. The summed E-state index contributed by atoms with van der Waals surface area (Å²) >= 11 is 0. The number of hydrogen-bond acceptors (Lipinski definition) is 5. The highest BCUT2D eigenvalue weighted by Crippen LogP contribution is 2.26. The third kappa shape index (κ3) is 8.49. The second-order valence-electron chi connectivity index (χ2n) is 2.76. The van der Waals surface area contributed by atoms with Gasteiger partial charge in [-0.15, -0.1) is 0 Å². The first-order chi connectivity index (χ1) is 7.80. The number of nitrogens with two attached hydrogens (primary N) is 1. The number of ether oxygens (including phenoxy) is 2. The molecule has 0 radical (unpaired) electrons. The number of benzene rings is 1. The van der Waals surface area contributed by atoms with E-state index in [4.69, 9.17) is 34.6 Å². The normalized spacial score (nSPS) is 10.0. The van der Waals surface area contributed by atoms with Crippen LogP contribution in [0.25, 0.3) is 0 Å². The Morgan fingerprint density at radius 1 is 1.12 bits per heavy atom. The van der Waals surface area contributed by atoms with Gasteiger partial charge in [-0.2, -0.15) is 0 Å². The van der Waals surface area contributed by atoms with Gasteiger partial charge in [-0.25, -0.2) is 4.57 Å². The molecule has 0 fully saturated rings. The van der Waals surface area contributed by atoms with Crippen molar-refractivity contribution in [1.82, 2.24) is 0 Å². The van der Waals surface area contributed by atoms with E-state index in [-0.39, 0.29) is 0 Å². The zero-order chi connectivity index (χ0) is 13.5. The fourth-order valence-electron chi connectivity index (χ4n) is 0.891. The molecular formula is C8H15N2O6P. The number of phosphoric acid groups is 1. The molecule has 0 aliphatic heterocycles. The van der Waals surface area contributed by atoms with Gasteiger partial charge in [0.1, 0.15) is 11.5 Å². The van der Waals surface area contributed by atoms with E-state index in [1.54, 1.807) is 32.4 Å². The van der Waals surface area contributed by atoms with Gasteiger partial charge in [0.25, 0.3) is 0 Å². The summed E-state index contributed by atoms with van der Waals surface area (Å²) in [6.45, 7) is 0. The number of methoxy groups -OCH3 is 2. The quantitative estimate of drug-likeness (QED) is 0.294. The van der Waals surface area contributed by atoms with Crippen LogP contribution in [0.3, 0.4) is 0 Å². The van der Waals surface area contributed by atoms with Crippen LogP contribution in [0.2, 0.25) is 0 Å². The Kier molecular flexibility index (Phi) is 6.55. The maximum absolute atomic E-state index is 8.88. The molecule has 0 aromatic heterocycles. The summed E-state index contributed by atoms with van der Waals surface area (Å²) in [5, 5.41) is 0. The highest BCUT2D eigenvalue weighted by Gasteiger charge is 2.00. The molecule has 0 saturated heterocycles. The number of nitrogen functional groups attached to an aromatic ring is 1. The fourth-order valence-corrected chi connectivity index (χ4v) is 0.891. The van der Waals surface area contributed by atoms with Gasteiger partial charge < -0.3 is 29.6 Å². The van der Waals surface area contributed by atoms with Crippen molar-refractivity contribution in [1.29, 1.82) is 0 Å². The number of hydrazine groups is 1. The first-order valence-electron chi connectivity index (χ1n) is 4.28. The van der Waals surface area contributed by atoms with Crippen LogP contribution >= 0.6 is 7.82 Å². The average molecular weight is 266 g/mol. The molecule has 0 aliphatic carbocycles. The molecule has 6 N–H and O–H groups in total. The summed E-state index contributed by atoms with van der Waals surface area (Å²) in [5.74, 6) is 6.66. The lowest BCUT2D eigenvalue weighted by Crippen LogP contribution is -2.06. The maximum Gasteiger partial charge on any atom is 0.466 e. The molecule has 17 heavy (non-hydrogen) atoms. The highest BCUT2D eigenvalue weighted by atomic mass is 31.2. The summed E-state index contributed by atoms with van der Waals surface area (Å²) in [5.41, 5.74) is 3.27. The van der Waals surface area contributed by atoms with Gasteiger partial charge in [-0.1, -0.05) is 0 Å². The molecule has 0 amide bonds. The van der Waals surface area contributed by atoms with E-state index in [2.05, 4.69) is 5.43 Å². The summed E-state index contributed by atoms with van der Waals surface area (Å²) < 4.78 is 18.9. The molecular weight excluding hydrogens is 251 g/mol. The summed E-state index contributed by atoms with van der Waals surface area (Å²) in [6, 6.07) is 5.34. The Balaban J connectivity index is 0.000000437. The summed E-state index contributed by atoms with van der Waals surface area (Å²) in [6.07, 6.45) is 0. The highest BCUT2D eigenvalue weighted by molar-refractivity contribution is 7.45. The van der Waals surface area contributed by atoms with Crippen LogP contribution in [0, 0.1) is 0 Å². The van der Waals surface area contributed by atoms with Crippen molar-refractivity contribution in [2.24, 2.45) is 5.84 Å².